The molecular weight excluding hydrogens is 148 g/mol. The number of aliphatic hydroxyl groups is 2. The van der Waals surface area contributed by atoms with Crippen molar-refractivity contribution in [3.63, 3.8) is 0 Å². The number of aliphatic hydroxyl groups excluding tert-OH is 2. The third-order valence-electron chi connectivity index (χ3n) is 1.10. The van der Waals surface area contributed by atoms with Gasteiger partial charge in [0.2, 0.25) is 0 Å². The van der Waals surface area contributed by atoms with E-state index in [4.69, 9.17) is 10.2 Å². The molecular formula is C7H12O4. The molecule has 0 aromatic carbocycles. The van der Waals surface area contributed by atoms with E-state index in [1.165, 1.54) is 0 Å². The van der Waals surface area contributed by atoms with E-state index in [-0.39, 0.29) is 19.6 Å². The van der Waals surface area contributed by atoms with Crippen LogP contribution < -0.4 is 0 Å². The van der Waals surface area contributed by atoms with Gasteiger partial charge in [-0.3, -0.25) is 0 Å². The lowest BCUT2D eigenvalue weighted by Crippen LogP contribution is -2.21. The lowest BCUT2D eigenvalue weighted by molar-refractivity contribution is -0.145. The number of esters is 1. The van der Waals surface area contributed by atoms with Gasteiger partial charge in [-0.05, 0) is 0 Å². The summed E-state index contributed by atoms with van der Waals surface area (Å²) in [5.41, 5.74) is 0. The van der Waals surface area contributed by atoms with E-state index in [9.17, 15) is 4.79 Å². The minimum atomic E-state index is -0.620. The molecule has 1 atom stereocenters. The van der Waals surface area contributed by atoms with E-state index in [2.05, 4.69) is 11.3 Å². The van der Waals surface area contributed by atoms with Gasteiger partial charge in [0, 0.05) is 19.1 Å². The second kappa shape index (κ2) is 5.88. The van der Waals surface area contributed by atoms with Crippen molar-refractivity contribution < 1.29 is 19.7 Å². The third-order valence-corrected chi connectivity index (χ3v) is 1.10. The Balaban J connectivity index is 3.67. The third kappa shape index (κ3) is 4.52. The Labute approximate surface area is 65.1 Å². The number of ether oxygens (including phenoxy) is 1. The van der Waals surface area contributed by atoms with E-state index in [1.807, 2.05) is 0 Å². The van der Waals surface area contributed by atoms with E-state index in [0.29, 0.717) is 0 Å². The van der Waals surface area contributed by atoms with Gasteiger partial charge in [-0.25, -0.2) is 4.79 Å². The first-order chi connectivity index (χ1) is 5.24. The van der Waals surface area contributed by atoms with Crippen molar-refractivity contribution in [2.24, 2.45) is 0 Å². The van der Waals surface area contributed by atoms with Gasteiger partial charge in [0.1, 0.15) is 6.10 Å². The monoisotopic (exact) mass is 160 g/mol. The van der Waals surface area contributed by atoms with E-state index >= 15 is 0 Å². The Morgan fingerprint density at radius 2 is 2.27 bits per heavy atom. The van der Waals surface area contributed by atoms with Crippen LogP contribution in [0.25, 0.3) is 0 Å². The molecule has 11 heavy (non-hydrogen) atoms. The predicted molar refractivity (Wildman–Crippen MR) is 38.9 cm³/mol. The molecule has 2 N–H and O–H groups in total. The first-order valence-corrected chi connectivity index (χ1v) is 3.29. The van der Waals surface area contributed by atoms with Gasteiger partial charge in [0.25, 0.3) is 0 Å². The molecule has 0 fully saturated rings. The maximum absolute atomic E-state index is 10.5. The van der Waals surface area contributed by atoms with Gasteiger partial charge in [0.15, 0.2) is 0 Å². The van der Waals surface area contributed by atoms with Crippen LogP contribution >= 0.6 is 0 Å². The molecule has 0 saturated carbocycles. The minimum Gasteiger partial charge on any atom is -0.457 e. The van der Waals surface area contributed by atoms with Crippen molar-refractivity contribution in [2.75, 3.05) is 13.2 Å². The summed E-state index contributed by atoms with van der Waals surface area (Å²) >= 11 is 0. The van der Waals surface area contributed by atoms with Crippen molar-refractivity contribution in [1.29, 1.82) is 0 Å². The second-order valence-electron chi connectivity index (χ2n) is 1.96. The summed E-state index contributed by atoms with van der Waals surface area (Å²) in [6.45, 7) is 2.80. The highest BCUT2D eigenvalue weighted by Gasteiger charge is 2.09. The fraction of sp³-hybridized carbons (Fsp3) is 0.571. The van der Waals surface area contributed by atoms with Gasteiger partial charge >= 0.3 is 5.97 Å². The van der Waals surface area contributed by atoms with Gasteiger partial charge in [-0.2, -0.15) is 0 Å². The number of carbonyl (C=O) groups is 1. The quantitative estimate of drug-likeness (QED) is 0.418. The molecule has 4 heteroatoms. The SMILES string of the molecule is C=CC(=O)OC(CO)CCO. The maximum atomic E-state index is 10.5. The van der Waals surface area contributed by atoms with Crippen molar-refractivity contribution in [1.82, 2.24) is 0 Å². The molecule has 4 nitrogen and oxygen atoms in total. The number of rotatable bonds is 5. The molecule has 0 heterocycles. The molecule has 0 aromatic heterocycles. The Morgan fingerprint density at radius 1 is 1.64 bits per heavy atom. The molecule has 0 amide bonds. The smallest absolute Gasteiger partial charge is 0.330 e. The number of hydrogen-bond donors (Lipinski definition) is 2. The topological polar surface area (TPSA) is 66.8 Å². The number of hydrogen-bond acceptors (Lipinski definition) is 4. The van der Waals surface area contributed by atoms with E-state index in [1.54, 1.807) is 0 Å². The number of carbonyl (C=O) groups excluding carboxylic acids is 1. The molecule has 0 aliphatic carbocycles. The molecule has 0 rings (SSSR count). The first-order valence-electron chi connectivity index (χ1n) is 3.29. The van der Waals surface area contributed by atoms with Crippen molar-refractivity contribution >= 4 is 5.97 Å². The van der Waals surface area contributed by atoms with Crippen LogP contribution in [0.5, 0.6) is 0 Å². The normalized spacial score (nSPS) is 12.2. The van der Waals surface area contributed by atoms with Gasteiger partial charge in [0.05, 0.1) is 6.61 Å². The van der Waals surface area contributed by atoms with Crippen molar-refractivity contribution in [3.05, 3.63) is 12.7 Å². The van der Waals surface area contributed by atoms with Crippen LogP contribution in [0.15, 0.2) is 12.7 Å². The maximum Gasteiger partial charge on any atom is 0.330 e. The highest BCUT2D eigenvalue weighted by molar-refractivity contribution is 5.81. The van der Waals surface area contributed by atoms with E-state index in [0.717, 1.165) is 6.08 Å². The summed E-state index contributed by atoms with van der Waals surface area (Å²) < 4.78 is 4.62. The van der Waals surface area contributed by atoms with Crippen molar-refractivity contribution in [3.8, 4) is 0 Å². The first kappa shape index (κ1) is 10.1. The molecule has 0 aliphatic rings. The lowest BCUT2D eigenvalue weighted by Gasteiger charge is -2.11. The molecule has 0 saturated heterocycles. The van der Waals surface area contributed by atoms with Crippen molar-refractivity contribution in [2.45, 2.75) is 12.5 Å². The molecule has 64 valence electrons. The molecule has 0 aromatic rings. The van der Waals surface area contributed by atoms with Crippen LogP contribution in [0, 0.1) is 0 Å². The van der Waals surface area contributed by atoms with Crippen LogP contribution in [0.4, 0.5) is 0 Å². The molecule has 1 unspecified atom stereocenters. The Hall–Kier alpha value is -0.870. The predicted octanol–water partition coefficient (Wildman–Crippen LogP) is -0.541. The zero-order valence-electron chi connectivity index (χ0n) is 6.19. The zero-order chi connectivity index (χ0) is 8.69. The van der Waals surface area contributed by atoms with Gasteiger partial charge in [-0.1, -0.05) is 6.58 Å². The standard InChI is InChI=1S/C7H12O4/c1-2-7(10)11-6(5-9)3-4-8/h2,6,8-9H,1,3-5H2. The fourth-order valence-corrected chi connectivity index (χ4v) is 0.544. The lowest BCUT2D eigenvalue weighted by atomic mass is 10.3. The van der Waals surface area contributed by atoms with Crippen LogP contribution in [0.2, 0.25) is 0 Å². The fourth-order valence-electron chi connectivity index (χ4n) is 0.544. The second-order valence-corrected chi connectivity index (χ2v) is 1.96. The highest BCUT2D eigenvalue weighted by atomic mass is 16.5. The molecule has 0 bridgehead atoms. The average molecular weight is 160 g/mol. The summed E-state index contributed by atoms with van der Waals surface area (Å²) in [5.74, 6) is -0.586. The zero-order valence-corrected chi connectivity index (χ0v) is 6.19. The summed E-state index contributed by atoms with van der Waals surface area (Å²) in [4.78, 5) is 10.5. The average Bonchev–Trinajstić information content (AvgIpc) is 2.03. The van der Waals surface area contributed by atoms with Crippen LogP contribution in [-0.4, -0.2) is 35.5 Å². The molecule has 0 spiro atoms. The summed E-state index contributed by atoms with van der Waals surface area (Å²) in [6.07, 6.45) is 0.640. The van der Waals surface area contributed by atoms with E-state index < -0.39 is 12.1 Å². The summed E-state index contributed by atoms with van der Waals surface area (Å²) in [5, 5.41) is 17.0. The Kier molecular flexibility index (Phi) is 5.42. The molecule has 0 radical (unpaired) electrons. The molecule has 0 aliphatic heterocycles. The van der Waals surface area contributed by atoms with Gasteiger partial charge < -0.3 is 14.9 Å². The largest absolute Gasteiger partial charge is 0.457 e. The van der Waals surface area contributed by atoms with Crippen LogP contribution in [0.3, 0.4) is 0 Å². The minimum absolute atomic E-state index is 0.115. The van der Waals surface area contributed by atoms with Gasteiger partial charge in [-0.15, -0.1) is 0 Å². The summed E-state index contributed by atoms with van der Waals surface area (Å²) in [6, 6.07) is 0. The van der Waals surface area contributed by atoms with Crippen LogP contribution in [0.1, 0.15) is 6.42 Å². The summed E-state index contributed by atoms with van der Waals surface area (Å²) in [7, 11) is 0. The van der Waals surface area contributed by atoms with Crippen LogP contribution in [-0.2, 0) is 9.53 Å². The highest BCUT2D eigenvalue weighted by Crippen LogP contribution is 1.97. The Bertz CT molecular complexity index is 132. The Morgan fingerprint density at radius 3 is 2.64 bits per heavy atom.